The average molecular weight is 739 g/mol. The number of likely N-dealkylation sites (tertiary alicyclic amines) is 2. The van der Waals surface area contributed by atoms with Crippen LogP contribution in [-0.4, -0.2) is 104 Å². The van der Waals surface area contributed by atoms with Crippen LogP contribution in [0.25, 0.3) is 33.6 Å². The number of hydrogen-bond donors (Lipinski definition) is 5. The lowest BCUT2D eigenvalue weighted by atomic mass is 9.96. The highest BCUT2D eigenvalue weighted by molar-refractivity contribution is 5.87. The van der Waals surface area contributed by atoms with Crippen LogP contribution in [-0.2, 0) is 19.1 Å². The summed E-state index contributed by atoms with van der Waals surface area (Å²) < 4.78 is 10.1. The number of aromatic amines is 2. The molecule has 284 valence electrons. The number of nitrogens with one attached hydrogen (secondary N) is 4. The Morgan fingerprint density at radius 1 is 0.778 bits per heavy atom. The Morgan fingerprint density at radius 3 is 1.69 bits per heavy atom. The van der Waals surface area contributed by atoms with Gasteiger partial charge in [-0.25, -0.2) is 19.6 Å². The summed E-state index contributed by atoms with van der Waals surface area (Å²) in [5, 5.41) is 14.4. The van der Waals surface area contributed by atoms with Gasteiger partial charge in [0.1, 0.15) is 23.7 Å². The van der Waals surface area contributed by atoms with Gasteiger partial charge in [0, 0.05) is 19.0 Å². The summed E-state index contributed by atoms with van der Waals surface area (Å²) in [6.07, 6.45) is 4.87. The molecule has 2 aromatic heterocycles. The summed E-state index contributed by atoms with van der Waals surface area (Å²) in [7, 11) is 1.28. The van der Waals surface area contributed by atoms with Crippen LogP contribution < -0.4 is 10.6 Å². The summed E-state index contributed by atoms with van der Waals surface area (Å²) in [5.74, 6) is 0.722. The molecule has 0 bridgehead atoms. The zero-order valence-corrected chi connectivity index (χ0v) is 30.6. The maximum atomic E-state index is 13.6. The number of ether oxygens (including phenoxy) is 2. The number of alkyl carbamates (subject to hydrolysis) is 1. The molecule has 4 amide bonds. The van der Waals surface area contributed by atoms with Crippen molar-refractivity contribution in [1.29, 1.82) is 0 Å². The Balaban J connectivity index is 1.000. The molecular formula is C39H46N8O7. The minimum atomic E-state index is -1.21. The van der Waals surface area contributed by atoms with E-state index in [0.717, 1.165) is 59.3 Å². The molecule has 0 radical (unpaired) electrons. The molecule has 15 heteroatoms. The molecule has 3 fully saturated rings. The van der Waals surface area contributed by atoms with Crippen molar-refractivity contribution in [3.8, 4) is 33.6 Å². The first-order valence-corrected chi connectivity index (χ1v) is 18.4. The third-order valence-corrected chi connectivity index (χ3v) is 10.7. The first-order chi connectivity index (χ1) is 26.1. The van der Waals surface area contributed by atoms with Gasteiger partial charge in [-0.15, -0.1) is 0 Å². The van der Waals surface area contributed by atoms with E-state index in [2.05, 4.69) is 54.8 Å². The monoisotopic (exact) mass is 738 g/mol. The fourth-order valence-corrected chi connectivity index (χ4v) is 7.64. The molecule has 0 aliphatic carbocycles. The van der Waals surface area contributed by atoms with E-state index >= 15 is 0 Å². The molecule has 3 aliphatic rings. The fourth-order valence-electron chi connectivity index (χ4n) is 7.64. The Morgan fingerprint density at radius 2 is 1.26 bits per heavy atom. The second-order valence-corrected chi connectivity index (χ2v) is 14.5. The molecule has 15 nitrogen and oxygen atoms in total. The number of imidazole rings is 2. The normalized spacial score (nSPS) is 19.7. The van der Waals surface area contributed by atoms with E-state index in [0.29, 0.717) is 38.0 Å². The van der Waals surface area contributed by atoms with E-state index < -0.39 is 24.3 Å². The second-order valence-electron chi connectivity index (χ2n) is 14.5. The maximum absolute atomic E-state index is 13.6. The SMILES string of the molecule is COC(=O)N[C@H](C(=O)N1CCC[C@H]1c1ncc(-c2ccc(-c3ccc(-c4cnc([C@@H]5CCCN5C(=O)[C@@H](NC(=O)O)C(C)C)[nH]4)cc3)cc2)[nH]1)C1COC1. The summed E-state index contributed by atoms with van der Waals surface area (Å²) in [4.78, 5) is 70.0. The Labute approximate surface area is 312 Å². The fraction of sp³-hybridized carbons (Fsp3) is 0.436. The predicted octanol–water partition coefficient (Wildman–Crippen LogP) is 5.12. The summed E-state index contributed by atoms with van der Waals surface area (Å²) in [6, 6.07) is 14.4. The van der Waals surface area contributed by atoms with Crippen molar-refractivity contribution in [1.82, 2.24) is 40.4 Å². The molecule has 54 heavy (non-hydrogen) atoms. The van der Waals surface area contributed by atoms with Crippen LogP contribution in [0.15, 0.2) is 60.9 Å². The number of carbonyl (C=O) groups excluding carboxylic acids is 3. The molecule has 0 spiro atoms. The van der Waals surface area contributed by atoms with Crippen LogP contribution in [0.4, 0.5) is 9.59 Å². The van der Waals surface area contributed by atoms with Gasteiger partial charge in [0.25, 0.3) is 0 Å². The lowest BCUT2D eigenvalue weighted by Crippen LogP contribution is -2.56. The molecule has 5 heterocycles. The third-order valence-electron chi connectivity index (χ3n) is 10.7. The topological polar surface area (TPSA) is 195 Å². The van der Waals surface area contributed by atoms with Gasteiger partial charge in [0.2, 0.25) is 11.8 Å². The first-order valence-electron chi connectivity index (χ1n) is 18.4. The molecular weight excluding hydrogens is 692 g/mol. The Kier molecular flexibility index (Phi) is 10.7. The van der Waals surface area contributed by atoms with Gasteiger partial charge in [-0.2, -0.15) is 0 Å². The number of methoxy groups -OCH3 is 1. The van der Waals surface area contributed by atoms with Crippen LogP contribution in [0, 0.1) is 11.8 Å². The highest BCUT2D eigenvalue weighted by Crippen LogP contribution is 2.35. The van der Waals surface area contributed by atoms with E-state index in [9.17, 15) is 24.3 Å². The number of benzene rings is 2. The number of aromatic nitrogens is 4. The van der Waals surface area contributed by atoms with Gasteiger partial charge in [0.05, 0.1) is 56.2 Å². The summed E-state index contributed by atoms with van der Waals surface area (Å²) in [5.41, 5.74) is 5.68. The van der Waals surface area contributed by atoms with Crippen molar-refractivity contribution in [2.75, 3.05) is 33.4 Å². The van der Waals surface area contributed by atoms with Crippen molar-refractivity contribution in [2.45, 2.75) is 63.7 Å². The van der Waals surface area contributed by atoms with Crippen molar-refractivity contribution in [3.05, 3.63) is 72.6 Å². The number of nitrogens with zero attached hydrogens (tertiary/aromatic N) is 4. The smallest absolute Gasteiger partial charge is 0.407 e. The molecule has 3 saturated heterocycles. The molecule has 0 saturated carbocycles. The molecule has 3 aliphatic heterocycles. The minimum Gasteiger partial charge on any atom is -0.465 e. The molecule has 0 unspecified atom stereocenters. The summed E-state index contributed by atoms with van der Waals surface area (Å²) >= 11 is 0. The second kappa shape index (κ2) is 15.7. The zero-order chi connectivity index (χ0) is 37.9. The van der Waals surface area contributed by atoms with E-state index in [1.165, 1.54) is 7.11 Å². The third kappa shape index (κ3) is 7.53. The molecule has 4 aromatic rings. The summed E-state index contributed by atoms with van der Waals surface area (Å²) in [6.45, 7) is 5.61. The standard InChI is InChI=1S/C39H46N8O7/c1-22(2)32(44-38(50)51)36(48)46-16-4-6-30(46)34-40-18-28(42-34)25-12-8-23(9-13-25)24-10-14-26(15-11-24)29-19-41-35(43-29)31-7-5-17-47(31)37(49)33(27-20-54-21-27)45-39(52)53-3/h8-15,18-19,22,27,30-33,44H,4-7,16-17,20-21H2,1-3H3,(H,40,42)(H,41,43)(H,45,52)(H,50,51)/t30-,31-,32-,33-/m0/s1. The molecule has 2 aromatic carbocycles. The minimum absolute atomic E-state index is 0.0977. The van der Waals surface area contributed by atoms with Crippen molar-refractivity contribution < 1.29 is 33.8 Å². The lowest BCUT2D eigenvalue weighted by molar-refractivity contribution is -0.142. The van der Waals surface area contributed by atoms with E-state index in [1.54, 1.807) is 22.2 Å². The highest BCUT2D eigenvalue weighted by Gasteiger charge is 2.42. The van der Waals surface area contributed by atoms with Gasteiger partial charge in [0.15, 0.2) is 0 Å². The number of rotatable bonds is 11. The lowest BCUT2D eigenvalue weighted by Gasteiger charge is -2.36. The Bertz CT molecular complexity index is 1970. The van der Waals surface area contributed by atoms with E-state index in [4.69, 9.17) is 9.47 Å². The zero-order valence-electron chi connectivity index (χ0n) is 30.6. The molecule has 4 atom stereocenters. The maximum Gasteiger partial charge on any atom is 0.407 e. The van der Waals surface area contributed by atoms with Gasteiger partial charge < -0.3 is 45.0 Å². The van der Waals surface area contributed by atoms with Crippen LogP contribution >= 0.6 is 0 Å². The van der Waals surface area contributed by atoms with Crippen LogP contribution in [0.1, 0.15) is 63.3 Å². The van der Waals surface area contributed by atoms with Crippen LogP contribution in [0.3, 0.4) is 0 Å². The highest BCUT2D eigenvalue weighted by atomic mass is 16.5. The molecule has 7 rings (SSSR count). The van der Waals surface area contributed by atoms with Crippen LogP contribution in [0.2, 0.25) is 0 Å². The van der Waals surface area contributed by atoms with Gasteiger partial charge in [-0.3, -0.25) is 9.59 Å². The van der Waals surface area contributed by atoms with Crippen molar-refractivity contribution >= 4 is 24.0 Å². The quantitative estimate of drug-likeness (QED) is 0.139. The van der Waals surface area contributed by atoms with E-state index in [1.807, 2.05) is 38.1 Å². The number of amides is 4. The molecule has 5 N–H and O–H groups in total. The van der Waals surface area contributed by atoms with Gasteiger partial charge in [-0.1, -0.05) is 62.4 Å². The predicted molar refractivity (Wildman–Crippen MR) is 198 cm³/mol. The van der Waals surface area contributed by atoms with Crippen molar-refractivity contribution in [2.24, 2.45) is 11.8 Å². The number of carbonyl (C=O) groups is 4. The van der Waals surface area contributed by atoms with Crippen molar-refractivity contribution in [3.63, 3.8) is 0 Å². The number of hydrogen-bond acceptors (Lipinski definition) is 8. The largest absolute Gasteiger partial charge is 0.465 e. The Hall–Kier alpha value is -5.70. The van der Waals surface area contributed by atoms with E-state index in [-0.39, 0.29) is 35.7 Å². The first kappa shape index (κ1) is 36.6. The number of H-pyrrole nitrogens is 2. The van der Waals surface area contributed by atoms with Gasteiger partial charge >= 0.3 is 12.2 Å². The number of carboxylic acid groups (broad SMARTS) is 1. The average Bonchev–Trinajstić information content (AvgIpc) is 3.99. The van der Waals surface area contributed by atoms with Crippen LogP contribution in [0.5, 0.6) is 0 Å². The van der Waals surface area contributed by atoms with Gasteiger partial charge in [-0.05, 0) is 53.9 Å².